The first kappa shape index (κ1) is 10.4. The molecule has 2 N–H and O–H groups in total. The first-order valence-corrected chi connectivity index (χ1v) is 4.19. The number of carbonyl (C=O) groups is 1. The molecule has 0 radical (unpaired) electrons. The van der Waals surface area contributed by atoms with Crippen molar-refractivity contribution in [3.63, 3.8) is 0 Å². The second kappa shape index (κ2) is 4.04. The van der Waals surface area contributed by atoms with Crippen LogP contribution in [0.3, 0.4) is 0 Å². The van der Waals surface area contributed by atoms with Gasteiger partial charge in [-0.2, -0.15) is 0 Å². The summed E-state index contributed by atoms with van der Waals surface area (Å²) < 4.78 is 9.74. The van der Waals surface area contributed by atoms with Crippen LogP contribution in [0.2, 0.25) is 0 Å². The zero-order chi connectivity index (χ0) is 10.0. The van der Waals surface area contributed by atoms with Gasteiger partial charge in [0, 0.05) is 13.3 Å². The molecule has 1 rings (SSSR count). The number of ether oxygens (including phenoxy) is 2. The molecule has 4 atom stereocenters. The van der Waals surface area contributed by atoms with Crippen molar-refractivity contribution in [2.45, 2.75) is 44.9 Å². The molecule has 0 bridgehead atoms. The average molecular weight is 190 g/mol. The molecule has 0 aliphatic carbocycles. The van der Waals surface area contributed by atoms with Gasteiger partial charge in [-0.15, -0.1) is 0 Å². The highest BCUT2D eigenvalue weighted by atomic mass is 16.6. The van der Waals surface area contributed by atoms with Gasteiger partial charge in [-0.1, -0.05) is 0 Å². The van der Waals surface area contributed by atoms with Crippen LogP contribution in [0, 0.1) is 0 Å². The van der Waals surface area contributed by atoms with Gasteiger partial charge in [-0.3, -0.25) is 4.79 Å². The number of aliphatic hydroxyl groups is 2. The van der Waals surface area contributed by atoms with Crippen molar-refractivity contribution in [3.8, 4) is 0 Å². The van der Waals surface area contributed by atoms with Crippen LogP contribution in [0.4, 0.5) is 0 Å². The van der Waals surface area contributed by atoms with Crippen molar-refractivity contribution < 1.29 is 24.5 Å². The van der Waals surface area contributed by atoms with Crippen molar-refractivity contribution in [1.29, 1.82) is 0 Å². The third-order valence-electron chi connectivity index (χ3n) is 1.98. The van der Waals surface area contributed by atoms with Gasteiger partial charge in [0.25, 0.3) is 0 Å². The second-order valence-corrected chi connectivity index (χ2v) is 3.17. The Bertz CT molecular complexity index is 193. The Morgan fingerprint density at radius 3 is 2.69 bits per heavy atom. The van der Waals surface area contributed by atoms with E-state index in [2.05, 4.69) is 0 Å². The number of rotatable bonds is 1. The first-order valence-electron chi connectivity index (χ1n) is 4.19. The van der Waals surface area contributed by atoms with Crippen molar-refractivity contribution in [1.82, 2.24) is 0 Å². The van der Waals surface area contributed by atoms with Crippen LogP contribution in [0.25, 0.3) is 0 Å². The summed E-state index contributed by atoms with van der Waals surface area (Å²) in [7, 11) is 0. The van der Waals surface area contributed by atoms with Crippen molar-refractivity contribution in [2.75, 3.05) is 0 Å². The van der Waals surface area contributed by atoms with Crippen LogP contribution < -0.4 is 0 Å². The lowest BCUT2D eigenvalue weighted by Crippen LogP contribution is -2.48. The van der Waals surface area contributed by atoms with Crippen LogP contribution in [0.5, 0.6) is 0 Å². The monoisotopic (exact) mass is 190 g/mol. The summed E-state index contributed by atoms with van der Waals surface area (Å²) >= 11 is 0. The Morgan fingerprint density at radius 2 is 2.15 bits per heavy atom. The Labute approximate surface area is 76.3 Å². The van der Waals surface area contributed by atoms with E-state index in [1.807, 2.05) is 0 Å². The summed E-state index contributed by atoms with van der Waals surface area (Å²) in [4.78, 5) is 10.6. The minimum Gasteiger partial charge on any atom is -0.459 e. The highest BCUT2D eigenvalue weighted by Crippen LogP contribution is 2.21. The van der Waals surface area contributed by atoms with E-state index >= 15 is 0 Å². The smallest absolute Gasteiger partial charge is 0.302 e. The van der Waals surface area contributed by atoms with E-state index in [1.165, 1.54) is 6.92 Å². The van der Waals surface area contributed by atoms with E-state index in [0.29, 0.717) is 0 Å². The molecule has 0 aromatic heterocycles. The highest BCUT2D eigenvalue weighted by molar-refractivity contribution is 5.66. The molecule has 0 unspecified atom stereocenters. The topological polar surface area (TPSA) is 76.0 Å². The molecule has 0 saturated carbocycles. The quantitative estimate of drug-likeness (QED) is 0.540. The van der Waals surface area contributed by atoms with E-state index < -0.39 is 30.6 Å². The molecular weight excluding hydrogens is 176 g/mol. The van der Waals surface area contributed by atoms with Crippen molar-refractivity contribution in [3.05, 3.63) is 0 Å². The maximum Gasteiger partial charge on any atom is 0.302 e. The van der Waals surface area contributed by atoms with Crippen LogP contribution in [-0.4, -0.2) is 40.8 Å². The normalized spacial score (nSPS) is 40.0. The number of aliphatic hydroxyl groups excluding tert-OH is 2. The average Bonchev–Trinajstić information content (AvgIpc) is 1.98. The fourth-order valence-electron chi connectivity index (χ4n) is 1.36. The van der Waals surface area contributed by atoms with Gasteiger partial charge < -0.3 is 19.7 Å². The van der Waals surface area contributed by atoms with Crippen LogP contribution in [-0.2, 0) is 14.3 Å². The predicted octanol–water partition coefficient (Wildman–Crippen LogP) is -0.594. The van der Waals surface area contributed by atoms with E-state index in [9.17, 15) is 9.90 Å². The molecule has 1 aliphatic heterocycles. The number of carbonyl (C=O) groups excluding carboxylic acids is 1. The molecule has 1 saturated heterocycles. The lowest BCUT2D eigenvalue weighted by atomic mass is 10.0. The number of hydrogen-bond donors (Lipinski definition) is 2. The zero-order valence-corrected chi connectivity index (χ0v) is 7.64. The maximum absolute atomic E-state index is 10.6. The molecule has 0 aromatic rings. The number of esters is 1. The van der Waals surface area contributed by atoms with Gasteiger partial charge >= 0.3 is 5.97 Å². The minimum atomic E-state index is -0.970. The third kappa shape index (κ3) is 2.65. The molecule has 5 nitrogen and oxygen atoms in total. The lowest BCUT2D eigenvalue weighted by Gasteiger charge is -2.34. The minimum absolute atomic E-state index is 0.116. The van der Waals surface area contributed by atoms with E-state index in [4.69, 9.17) is 14.6 Å². The molecule has 76 valence electrons. The summed E-state index contributed by atoms with van der Waals surface area (Å²) in [6.07, 6.45) is -2.91. The van der Waals surface area contributed by atoms with E-state index in [1.54, 1.807) is 6.92 Å². The summed E-state index contributed by atoms with van der Waals surface area (Å²) in [5.41, 5.74) is 0. The lowest BCUT2D eigenvalue weighted by molar-refractivity contribution is -0.233. The Morgan fingerprint density at radius 1 is 1.54 bits per heavy atom. The van der Waals surface area contributed by atoms with E-state index in [-0.39, 0.29) is 6.42 Å². The van der Waals surface area contributed by atoms with Crippen LogP contribution in [0.1, 0.15) is 20.3 Å². The van der Waals surface area contributed by atoms with Crippen LogP contribution in [0.15, 0.2) is 0 Å². The second-order valence-electron chi connectivity index (χ2n) is 3.17. The predicted molar refractivity (Wildman–Crippen MR) is 42.7 cm³/mol. The zero-order valence-electron chi connectivity index (χ0n) is 7.64. The molecule has 1 heterocycles. The SMILES string of the molecule is CC(=O)O[C@H]1C[C@H](O)O[C@@H](C)[C@@H]1O. The van der Waals surface area contributed by atoms with Crippen LogP contribution >= 0.6 is 0 Å². The molecular formula is C8H14O5. The maximum atomic E-state index is 10.6. The molecule has 1 aliphatic rings. The first-order chi connectivity index (χ1) is 6.00. The van der Waals surface area contributed by atoms with Crippen molar-refractivity contribution >= 4 is 5.97 Å². The van der Waals surface area contributed by atoms with Gasteiger partial charge in [0.1, 0.15) is 12.2 Å². The Hall–Kier alpha value is -0.650. The summed E-state index contributed by atoms with van der Waals surface area (Å²) in [6.45, 7) is 2.88. The third-order valence-corrected chi connectivity index (χ3v) is 1.98. The standard InChI is InChI=1S/C8H14O5/c1-4-8(11)6(13-5(2)9)3-7(10)12-4/h4,6-8,10-11H,3H2,1-2H3/t4-,6-,7+,8-/m0/s1. The highest BCUT2D eigenvalue weighted by Gasteiger charge is 2.36. The van der Waals surface area contributed by atoms with Gasteiger partial charge in [0.05, 0.1) is 6.10 Å². The molecule has 1 fully saturated rings. The van der Waals surface area contributed by atoms with Gasteiger partial charge in [0.2, 0.25) is 0 Å². The Kier molecular flexibility index (Phi) is 3.24. The molecule has 0 spiro atoms. The fraction of sp³-hybridized carbons (Fsp3) is 0.875. The summed E-state index contributed by atoms with van der Waals surface area (Å²) in [6, 6.07) is 0. The number of hydrogen-bond acceptors (Lipinski definition) is 5. The summed E-state index contributed by atoms with van der Waals surface area (Å²) in [5.74, 6) is -0.467. The van der Waals surface area contributed by atoms with Crippen molar-refractivity contribution in [2.24, 2.45) is 0 Å². The Balaban J connectivity index is 2.55. The molecule has 0 aromatic carbocycles. The molecule has 5 heteroatoms. The van der Waals surface area contributed by atoms with Gasteiger partial charge in [-0.25, -0.2) is 0 Å². The molecule has 0 amide bonds. The largest absolute Gasteiger partial charge is 0.459 e. The van der Waals surface area contributed by atoms with Gasteiger partial charge in [-0.05, 0) is 6.92 Å². The van der Waals surface area contributed by atoms with Gasteiger partial charge in [0.15, 0.2) is 6.29 Å². The van der Waals surface area contributed by atoms with E-state index in [0.717, 1.165) is 0 Å². The summed E-state index contributed by atoms with van der Waals surface area (Å²) in [5, 5.41) is 18.6. The fourth-order valence-corrected chi connectivity index (χ4v) is 1.36. The molecule has 13 heavy (non-hydrogen) atoms.